The van der Waals surface area contributed by atoms with Crippen LogP contribution in [-0.4, -0.2) is 34.1 Å². The molecule has 0 saturated heterocycles. The van der Waals surface area contributed by atoms with Gasteiger partial charge in [-0.05, 0) is 30.3 Å². The summed E-state index contributed by atoms with van der Waals surface area (Å²) in [7, 11) is 0. The molecule has 0 unspecified atom stereocenters. The first-order valence-electron chi connectivity index (χ1n) is 7.74. The molecule has 7 heteroatoms. The van der Waals surface area contributed by atoms with Gasteiger partial charge in [-0.1, -0.05) is 6.07 Å². The zero-order chi connectivity index (χ0) is 17.1. The Bertz CT molecular complexity index is 915. The Morgan fingerprint density at radius 3 is 2.76 bits per heavy atom. The minimum absolute atomic E-state index is 0.231. The molecule has 0 bridgehead atoms. The molecule has 1 aliphatic rings. The molecule has 2 aromatic heterocycles. The highest BCUT2D eigenvalue weighted by atomic mass is 16.6. The van der Waals surface area contributed by atoms with Crippen molar-refractivity contribution in [3.05, 3.63) is 60.7 Å². The number of anilines is 1. The number of fused-ring (bicyclic) bond motifs is 1. The Labute approximate surface area is 143 Å². The van der Waals surface area contributed by atoms with Crippen molar-refractivity contribution in [2.24, 2.45) is 0 Å². The average molecular weight is 334 g/mol. The lowest BCUT2D eigenvalue weighted by Crippen LogP contribution is -2.15. The maximum atomic E-state index is 12.2. The fourth-order valence-electron chi connectivity index (χ4n) is 2.46. The normalized spacial score (nSPS) is 12.5. The number of pyridine rings is 1. The zero-order valence-electron chi connectivity index (χ0n) is 13.2. The highest BCUT2D eigenvalue weighted by Gasteiger charge is 2.14. The van der Waals surface area contributed by atoms with Crippen molar-refractivity contribution in [3.63, 3.8) is 0 Å². The highest BCUT2D eigenvalue weighted by molar-refractivity contribution is 6.02. The van der Waals surface area contributed by atoms with Gasteiger partial charge in [-0.15, -0.1) is 0 Å². The van der Waals surface area contributed by atoms with Crippen molar-refractivity contribution < 1.29 is 14.3 Å². The molecule has 1 aliphatic heterocycles. The molecular weight excluding hydrogens is 320 g/mol. The van der Waals surface area contributed by atoms with Crippen molar-refractivity contribution in [2.45, 2.75) is 0 Å². The number of benzene rings is 1. The number of carbonyl (C=O) groups is 1. The number of carbonyl (C=O) groups excluding carboxylic acids is 1. The molecule has 0 atom stereocenters. The third-order valence-corrected chi connectivity index (χ3v) is 3.62. The van der Waals surface area contributed by atoms with Crippen LogP contribution < -0.4 is 14.8 Å². The molecule has 7 nitrogen and oxygen atoms in total. The van der Waals surface area contributed by atoms with E-state index in [1.165, 1.54) is 18.6 Å². The molecule has 124 valence electrons. The Morgan fingerprint density at radius 2 is 1.92 bits per heavy atom. The third-order valence-electron chi connectivity index (χ3n) is 3.62. The SMILES string of the molecule is O=C(Nc1cccc(-c2ccc3c(c2)OCCO3)n1)c1cnccn1. The molecule has 0 radical (unpaired) electrons. The van der Waals surface area contributed by atoms with E-state index in [1.54, 1.807) is 6.07 Å². The summed E-state index contributed by atoms with van der Waals surface area (Å²) in [5, 5.41) is 2.72. The summed E-state index contributed by atoms with van der Waals surface area (Å²) in [5.74, 6) is 1.49. The van der Waals surface area contributed by atoms with Gasteiger partial charge >= 0.3 is 0 Å². The zero-order valence-corrected chi connectivity index (χ0v) is 13.2. The van der Waals surface area contributed by atoms with E-state index in [1.807, 2.05) is 30.3 Å². The smallest absolute Gasteiger partial charge is 0.277 e. The van der Waals surface area contributed by atoms with Crippen LogP contribution in [0.1, 0.15) is 10.5 Å². The molecule has 0 fully saturated rings. The molecule has 1 aromatic carbocycles. The van der Waals surface area contributed by atoms with E-state index in [0.717, 1.165) is 11.3 Å². The number of aromatic nitrogens is 3. The van der Waals surface area contributed by atoms with Crippen LogP contribution in [0.5, 0.6) is 11.5 Å². The van der Waals surface area contributed by atoms with Gasteiger partial charge in [-0.3, -0.25) is 9.78 Å². The Morgan fingerprint density at radius 1 is 1.04 bits per heavy atom. The Hall–Kier alpha value is -3.48. The summed E-state index contributed by atoms with van der Waals surface area (Å²) >= 11 is 0. The van der Waals surface area contributed by atoms with E-state index in [0.29, 0.717) is 30.5 Å². The van der Waals surface area contributed by atoms with Gasteiger partial charge in [0, 0.05) is 18.0 Å². The van der Waals surface area contributed by atoms with Gasteiger partial charge < -0.3 is 14.8 Å². The van der Waals surface area contributed by atoms with Gasteiger partial charge in [-0.2, -0.15) is 0 Å². The van der Waals surface area contributed by atoms with Gasteiger partial charge in [-0.25, -0.2) is 9.97 Å². The van der Waals surface area contributed by atoms with Gasteiger partial charge in [0.05, 0.1) is 11.9 Å². The molecular formula is C18H14N4O3. The average Bonchev–Trinajstić information content (AvgIpc) is 2.68. The molecule has 4 rings (SSSR count). The van der Waals surface area contributed by atoms with Gasteiger partial charge in [0.1, 0.15) is 24.7 Å². The number of ether oxygens (including phenoxy) is 2. The second-order valence-corrected chi connectivity index (χ2v) is 5.31. The van der Waals surface area contributed by atoms with Crippen LogP contribution in [0.3, 0.4) is 0 Å². The monoisotopic (exact) mass is 334 g/mol. The summed E-state index contributed by atoms with van der Waals surface area (Å²) < 4.78 is 11.1. The van der Waals surface area contributed by atoms with Crippen LogP contribution in [0.15, 0.2) is 55.0 Å². The van der Waals surface area contributed by atoms with Gasteiger partial charge in [0.25, 0.3) is 5.91 Å². The van der Waals surface area contributed by atoms with E-state index in [-0.39, 0.29) is 11.6 Å². The van der Waals surface area contributed by atoms with E-state index < -0.39 is 0 Å². The summed E-state index contributed by atoms with van der Waals surface area (Å²) in [5.41, 5.74) is 1.82. The first-order valence-corrected chi connectivity index (χ1v) is 7.74. The second kappa shape index (κ2) is 6.56. The van der Waals surface area contributed by atoms with Crippen molar-refractivity contribution in [2.75, 3.05) is 18.5 Å². The molecule has 3 aromatic rings. The maximum absolute atomic E-state index is 12.2. The quantitative estimate of drug-likeness (QED) is 0.792. The topological polar surface area (TPSA) is 86.2 Å². The largest absolute Gasteiger partial charge is 0.486 e. The van der Waals surface area contributed by atoms with E-state index in [4.69, 9.17) is 9.47 Å². The molecule has 25 heavy (non-hydrogen) atoms. The van der Waals surface area contributed by atoms with E-state index in [2.05, 4.69) is 20.3 Å². The van der Waals surface area contributed by atoms with E-state index in [9.17, 15) is 4.79 Å². The standard InChI is InChI=1S/C18H14N4O3/c23-18(14-11-19-6-7-20-14)22-17-3-1-2-13(21-17)12-4-5-15-16(10-12)25-9-8-24-15/h1-7,10-11H,8-9H2,(H,21,22,23). The molecule has 3 heterocycles. The number of amides is 1. The predicted molar refractivity (Wildman–Crippen MR) is 90.6 cm³/mol. The van der Waals surface area contributed by atoms with Gasteiger partial charge in [0.2, 0.25) is 0 Å². The second-order valence-electron chi connectivity index (χ2n) is 5.31. The molecule has 1 amide bonds. The summed E-state index contributed by atoms with van der Waals surface area (Å²) in [6.45, 7) is 1.08. The van der Waals surface area contributed by atoms with Crippen LogP contribution in [-0.2, 0) is 0 Å². The number of hydrogen-bond donors (Lipinski definition) is 1. The lowest BCUT2D eigenvalue weighted by Gasteiger charge is -2.18. The van der Waals surface area contributed by atoms with Crippen LogP contribution >= 0.6 is 0 Å². The third kappa shape index (κ3) is 3.25. The highest BCUT2D eigenvalue weighted by Crippen LogP contribution is 2.34. The number of hydrogen-bond acceptors (Lipinski definition) is 6. The van der Waals surface area contributed by atoms with Crippen molar-refractivity contribution in [3.8, 4) is 22.8 Å². The van der Waals surface area contributed by atoms with Crippen molar-refractivity contribution >= 4 is 11.7 Å². The lowest BCUT2D eigenvalue weighted by molar-refractivity contribution is 0.102. The molecule has 0 aliphatic carbocycles. The number of nitrogens with zero attached hydrogens (tertiary/aromatic N) is 3. The van der Waals surface area contributed by atoms with Crippen LogP contribution in [0.25, 0.3) is 11.3 Å². The minimum Gasteiger partial charge on any atom is -0.486 e. The Balaban J connectivity index is 1.58. The lowest BCUT2D eigenvalue weighted by atomic mass is 10.1. The number of nitrogens with one attached hydrogen (secondary N) is 1. The maximum Gasteiger partial charge on any atom is 0.277 e. The number of rotatable bonds is 3. The van der Waals surface area contributed by atoms with Gasteiger partial charge in [0.15, 0.2) is 11.5 Å². The first kappa shape index (κ1) is 15.1. The Kier molecular flexibility index (Phi) is 3.96. The minimum atomic E-state index is -0.361. The van der Waals surface area contributed by atoms with E-state index >= 15 is 0 Å². The molecule has 1 N–H and O–H groups in total. The fourth-order valence-corrected chi connectivity index (χ4v) is 2.46. The predicted octanol–water partition coefficient (Wildman–Crippen LogP) is 2.56. The van der Waals surface area contributed by atoms with Crippen LogP contribution in [0.2, 0.25) is 0 Å². The summed E-state index contributed by atoms with van der Waals surface area (Å²) in [4.78, 5) is 24.5. The fraction of sp³-hybridized carbons (Fsp3) is 0.111. The van der Waals surface area contributed by atoms with Crippen molar-refractivity contribution in [1.82, 2.24) is 15.0 Å². The molecule has 0 saturated carbocycles. The van der Waals surface area contributed by atoms with Crippen LogP contribution in [0, 0.1) is 0 Å². The summed E-state index contributed by atoms with van der Waals surface area (Å²) in [6.07, 6.45) is 4.38. The van der Waals surface area contributed by atoms with Crippen LogP contribution in [0.4, 0.5) is 5.82 Å². The molecule has 0 spiro atoms. The summed E-state index contributed by atoms with van der Waals surface area (Å²) in [6, 6.07) is 11.1. The van der Waals surface area contributed by atoms with Crippen molar-refractivity contribution in [1.29, 1.82) is 0 Å². The first-order chi connectivity index (χ1) is 12.3.